The first-order valence-electron chi connectivity index (χ1n) is 10.6. The molecule has 2 aromatic carbocycles. The lowest BCUT2D eigenvalue weighted by Crippen LogP contribution is -2.36. The monoisotopic (exact) mass is 466 g/mol. The molecule has 2 heterocycles. The number of amides is 2. The largest absolute Gasteiger partial charge is 0.483 e. The number of hydrogen-bond acceptors (Lipinski definition) is 7. The number of para-hydroxylation sites is 1. The number of nitrogens with zero attached hydrogens (tertiary/aromatic N) is 3. The van der Waals surface area contributed by atoms with E-state index >= 15 is 0 Å². The standard InChI is InChI=1S/C24H26N4O4S/c1-27(2)22(29)15-32-21-6-4-3-5-19(21)23(30)25-18-9-7-17(8-10-18)20-16-33-24(26-20)28-11-13-31-14-12-28/h3-10,16H,11-15H2,1-2H3,(H,25,30). The molecule has 0 aliphatic carbocycles. The lowest BCUT2D eigenvalue weighted by molar-refractivity contribution is -0.130. The molecule has 1 aliphatic rings. The van der Waals surface area contributed by atoms with E-state index in [1.807, 2.05) is 29.6 Å². The molecule has 172 valence electrons. The fourth-order valence-electron chi connectivity index (χ4n) is 3.27. The minimum atomic E-state index is -0.307. The average Bonchev–Trinajstić information content (AvgIpc) is 3.34. The molecule has 9 heteroatoms. The van der Waals surface area contributed by atoms with Crippen LogP contribution in [-0.4, -0.2) is 68.7 Å². The number of benzene rings is 2. The van der Waals surface area contributed by atoms with Gasteiger partial charge in [0, 0.05) is 43.8 Å². The van der Waals surface area contributed by atoms with Crippen molar-refractivity contribution in [1.82, 2.24) is 9.88 Å². The van der Waals surface area contributed by atoms with E-state index in [9.17, 15) is 9.59 Å². The maximum absolute atomic E-state index is 12.8. The van der Waals surface area contributed by atoms with Crippen molar-refractivity contribution in [2.45, 2.75) is 0 Å². The molecule has 0 atom stereocenters. The smallest absolute Gasteiger partial charge is 0.259 e. The Morgan fingerprint density at radius 1 is 1.12 bits per heavy atom. The van der Waals surface area contributed by atoms with Crippen LogP contribution in [0.4, 0.5) is 10.8 Å². The van der Waals surface area contributed by atoms with Crippen LogP contribution in [0.3, 0.4) is 0 Å². The van der Waals surface area contributed by atoms with Crippen LogP contribution in [0.25, 0.3) is 11.3 Å². The molecular formula is C24H26N4O4S. The Morgan fingerprint density at radius 2 is 1.85 bits per heavy atom. The second-order valence-electron chi connectivity index (χ2n) is 7.72. The van der Waals surface area contributed by atoms with Gasteiger partial charge in [0.15, 0.2) is 11.7 Å². The van der Waals surface area contributed by atoms with Crippen LogP contribution in [-0.2, 0) is 9.53 Å². The van der Waals surface area contributed by atoms with E-state index in [0.29, 0.717) is 17.0 Å². The number of carbonyl (C=O) groups is 2. The number of thiazole rings is 1. The van der Waals surface area contributed by atoms with Crippen molar-refractivity contribution < 1.29 is 19.1 Å². The van der Waals surface area contributed by atoms with E-state index in [2.05, 4.69) is 10.2 Å². The van der Waals surface area contributed by atoms with E-state index in [4.69, 9.17) is 14.5 Å². The van der Waals surface area contributed by atoms with Crippen molar-refractivity contribution in [1.29, 1.82) is 0 Å². The number of morpholine rings is 1. The average molecular weight is 467 g/mol. The predicted octanol–water partition coefficient (Wildman–Crippen LogP) is 3.37. The van der Waals surface area contributed by atoms with Gasteiger partial charge in [0.05, 0.1) is 24.5 Å². The molecule has 1 N–H and O–H groups in total. The van der Waals surface area contributed by atoms with Crippen LogP contribution < -0.4 is 15.0 Å². The van der Waals surface area contributed by atoms with Gasteiger partial charge in [-0.25, -0.2) is 4.98 Å². The quantitative estimate of drug-likeness (QED) is 0.575. The molecule has 2 amide bonds. The highest BCUT2D eigenvalue weighted by Crippen LogP contribution is 2.29. The molecule has 1 fully saturated rings. The summed E-state index contributed by atoms with van der Waals surface area (Å²) in [6, 6.07) is 14.4. The lowest BCUT2D eigenvalue weighted by atomic mass is 10.1. The second-order valence-corrected chi connectivity index (χ2v) is 8.56. The number of likely N-dealkylation sites (N-methyl/N-ethyl adjacent to an activating group) is 1. The van der Waals surface area contributed by atoms with Crippen molar-refractivity contribution in [3.8, 4) is 17.0 Å². The molecule has 3 aromatic rings. The second kappa shape index (κ2) is 10.5. The van der Waals surface area contributed by atoms with Crippen molar-refractivity contribution in [2.75, 3.05) is 57.2 Å². The zero-order valence-corrected chi connectivity index (χ0v) is 19.4. The molecular weight excluding hydrogens is 440 g/mol. The van der Waals surface area contributed by atoms with E-state index in [1.54, 1.807) is 49.7 Å². The topological polar surface area (TPSA) is 84.0 Å². The van der Waals surface area contributed by atoms with Crippen molar-refractivity contribution in [3.05, 3.63) is 59.5 Å². The molecule has 0 unspecified atom stereocenters. The first-order valence-corrected chi connectivity index (χ1v) is 11.5. The van der Waals surface area contributed by atoms with Gasteiger partial charge in [-0.2, -0.15) is 0 Å². The van der Waals surface area contributed by atoms with E-state index in [1.165, 1.54) is 4.90 Å². The summed E-state index contributed by atoms with van der Waals surface area (Å²) < 4.78 is 11.0. The third-order valence-corrected chi connectivity index (χ3v) is 6.10. The summed E-state index contributed by atoms with van der Waals surface area (Å²) in [5, 5.41) is 5.93. The molecule has 0 saturated carbocycles. The predicted molar refractivity (Wildman–Crippen MR) is 129 cm³/mol. The zero-order valence-electron chi connectivity index (χ0n) is 18.6. The van der Waals surface area contributed by atoms with E-state index in [-0.39, 0.29) is 18.4 Å². The normalized spacial score (nSPS) is 13.5. The van der Waals surface area contributed by atoms with Crippen LogP contribution >= 0.6 is 11.3 Å². The number of anilines is 2. The van der Waals surface area contributed by atoms with Crippen LogP contribution in [0, 0.1) is 0 Å². The fraction of sp³-hybridized carbons (Fsp3) is 0.292. The van der Waals surface area contributed by atoms with Gasteiger partial charge in [-0.15, -0.1) is 11.3 Å². The molecule has 33 heavy (non-hydrogen) atoms. The molecule has 0 radical (unpaired) electrons. The number of hydrogen-bond donors (Lipinski definition) is 1. The van der Waals surface area contributed by atoms with Crippen LogP contribution in [0.2, 0.25) is 0 Å². The molecule has 1 aliphatic heterocycles. The van der Waals surface area contributed by atoms with E-state index < -0.39 is 0 Å². The van der Waals surface area contributed by atoms with Crippen LogP contribution in [0.1, 0.15) is 10.4 Å². The summed E-state index contributed by atoms with van der Waals surface area (Å²) in [7, 11) is 3.31. The van der Waals surface area contributed by atoms with Crippen molar-refractivity contribution in [3.63, 3.8) is 0 Å². The fourth-order valence-corrected chi connectivity index (χ4v) is 4.16. The summed E-state index contributed by atoms with van der Waals surface area (Å²) in [6.45, 7) is 3.03. The third kappa shape index (κ3) is 5.68. The Labute approximate surface area is 196 Å². The maximum atomic E-state index is 12.8. The highest BCUT2D eigenvalue weighted by Gasteiger charge is 2.16. The highest BCUT2D eigenvalue weighted by atomic mass is 32.1. The SMILES string of the molecule is CN(C)C(=O)COc1ccccc1C(=O)Nc1ccc(-c2csc(N3CCOCC3)n2)cc1. The Balaban J connectivity index is 1.41. The number of rotatable bonds is 7. The molecule has 8 nitrogen and oxygen atoms in total. The van der Waals surface area contributed by atoms with Gasteiger partial charge in [-0.05, 0) is 24.3 Å². The van der Waals surface area contributed by atoms with E-state index in [0.717, 1.165) is 42.7 Å². The van der Waals surface area contributed by atoms with Gasteiger partial charge in [0.2, 0.25) is 0 Å². The molecule has 4 rings (SSSR count). The summed E-state index contributed by atoms with van der Waals surface area (Å²) in [4.78, 5) is 33.1. The maximum Gasteiger partial charge on any atom is 0.259 e. The number of carbonyl (C=O) groups excluding carboxylic acids is 2. The summed E-state index contributed by atoms with van der Waals surface area (Å²) >= 11 is 1.62. The Hall–Kier alpha value is -3.43. The summed E-state index contributed by atoms with van der Waals surface area (Å²) in [6.07, 6.45) is 0. The van der Waals surface area contributed by atoms with Crippen molar-refractivity contribution >= 4 is 34.0 Å². The first kappa shape index (κ1) is 22.8. The number of nitrogens with one attached hydrogen (secondary N) is 1. The minimum absolute atomic E-state index is 0.133. The Bertz CT molecular complexity index is 1110. The highest BCUT2D eigenvalue weighted by molar-refractivity contribution is 7.14. The van der Waals surface area contributed by atoms with Gasteiger partial charge in [-0.3, -0.25) is 9.59 Å². The van der Waals surface area contributed by atoms with Crippen LogP contribution in [0.5, 0.6) is 5.75 Å². The van der Waals surface area contributed by atoms with Crippen LogP contribution in [0.15, 0.2) is 53.9 Å². The minimum Gasteiger partial charge on any atom is -0.483 e. The van der Waals surface area contributed by atoms with Gasteiger partial charge >= 0.3 is 0 Å². The van der Waals surface area contributed by atoms with Gasteiger partial charge in [0.25, 0.3) is 11.8 Å². The van der Waals surface area contributed by atoms with Gasteiger partial charge < -0.3 is 24.6 Å². The lowest BCUT2D eigenvalue weighted by Gasteiger charge is -2.26. The first-order chi connectivity index (χ1) is 16.0. The van der Waals surface area contributed by atoms with Gasteiger partial charge in [0.1, 0.15) is 5.75 Å². The van der Waals surface area contributed by atoms with Gasteiger partial charge in [-0.1, -0.05) is 24.3 Å². The number of aromatic nitrogens is 1. The Morgan fingerprint density at radius 3 is 2.58 bits per heavy atom. The third-order valence-electron chi connectivity index (χ3n) is 5.19. The molecule has 1 saturated heterocycles. The molecule has 0 bridgehead atoms. The van der Waals surface area contributed by atoms with Crippen molar-refractivity contribution in [2.24, 2.45) is 0 Å². The Kier molecular flexibility index (Phi) is 7.21. The summed E-state index contributed by atoms with van der Waals surface area (Å²) in [5.41, 5.74) is 2.91. The molecule has 0 spiro atoms. The number of ether oxygens (including phenoxy) is 2. The summed E-state index contributed by atoms with van der Waals surface area (Å²) in [5.74, 6) is -0.126. The zero-order chi connectivity index (χ0) is 23.2. The molecule has 1 aromatic heterocycles.